The van der Waals surface area contributed by atoms with Crippen molar-refractivity contribution in [3.05, 3.63) is 35.4 Å². The van der Waals surface area contributed by atoms with Crippen molar-refractivity contribution in [3.63, 3.8) is 0 Å². The zero-order valence-electron chi connectivity index (χ0n) is 13.7. The quantitative estimate of drug-likeness (QED) is 0.917. The first-order valence-corrected chi connectivity index (χ1v) is 8.46. The lowest BCUT2D eigenvalue weighted by atomic mass is 9.95. The average Bonchev–Trinajstić information content (AvgIpc) is 3.09. The van der Waals surface area contributed by atoms with Gasteiger partial charge in [-0.1, -0.05) is 25.1 Å². The molecule has 1 saturated heterocycles. The number of alkyl halides is 3. The summed E-state index contributed by atoms with van der Waals surface area (Å²) in [4.78, 5) is 14.4. The molecule has 6 heteroatoms. The second-order valence-corrected chi connectivity index (χ2v) is 7.19. The molecule has 1 aromatic carbocycles. The number of amides is 1. The Balaban J connectivity index is 1.63. The Bertz CT molecular complexity index is 617. The molecule has 1 aromatic rings. The minimum Gasteiger partial charge on any atom is -0.342 e. The molecule has 0 radical (unpaired) electrons. The monoisotopic (exact) mass is 340 g/mol. The standard InChI is InChI=1S/C18H23F3N2O/c1-11(12-3-2-4-14(8-12)18(19,20)21)7-17(24)23-9-13-5-6-16(22)15(13)10-23/h2-4,8,11,13,15-16H,5-7,9-10,22H2,1H3. The molecule has 132 valence electrons. The Hall–Kier alpha value is -1.56. The summed E-state index contributed by atoms with van der Waals surface area (Å²) < 4.78 is 38.5. The Morgan fingerprint density at radius 1 is 1.33 bits per heavy atom. The van der Waals surface area contributed by atoms with Crippen LogP contribution in [0.5, 0.6) is 0 Å². The number of hydrogen-bond acceptors (Lipinski definition) is 2. The maximum atomic E-state index is 12.8. The molecule has 1 saturated carbocycles. The summed E-state index contributed by atoms with van der Waals surface area (Å²) in [5.41, 5.74) is 5.97. The van der Waals surface area contributed by atoms with E-state index < -0.39 is 11.7 Å². The minimum absolute atomic E-state index is 0.0153. The van der Waals surface area contributed by atoms with Gasteiger partial charge in [-0.2, -0.15) is 13.2 Å². The van der Waals surface area contributed by atoms with E-state index in [9.17, 15) is 18.0 Å². The summed E-state index contributed by atoms with van der Waals surface area (Å²) in [6.07, 6.45) is -2.03. The molecule has 4 unspecified atom stereocenters. The summed E-state index contributed by atoms with van der Waals surface area (Å²) in [7, 11) is 0. The van der Waals surface area contributed by atoms with Crippen molar-refractivity contribution in [3.8, 4) is 0 Å². The summed E-state index contributed by atoms with van der Waals surface area (Å²) in [5.74, 6) is 0.654. The molecule has 1 aliphatic carbocycles. The number of benzene rings is 1. The van der Waals surface area contributed by atoms with Gasteiger partial charge in [-0.25, -0.2) is 0 Å². The number of nitrogens with two attached hydrogens (primary N) is 1. The van der Waals surface area contributed by atoms with E-state index in [1.807, 2.05) is 4.90 Å². The number of likely N-dealkylation sites (tertiary alicyclic amines) is 1. The third-order valence-corrected chi connectivity index (χ3v) is 5.53. The van der Waals surface area contributed by atoms with Gasteiger partial charge < -0.3 is 10.6 Å². The van der Waals surface area contributed by atoms with Crippen LogP contribution in [-0.4, -0.2) is 29.9 Å². The smallest absolute Gasteiger partial charge is 0.342 e. The fourth-order valence-corrected chi connectivity index (χ4v) is 4.04. The molecule has 0 bridgehead atoms. The van der Waals surface area contributed by atoms with Gasteiger partial charge in [0.25, 0.3) is 0 Å². The normalized spacial score (nSPS) is 28.0. The largest absolute Gasteiger partial charge is 0.416 e. The highest BCUT2D eigenvalue weighted by atomic mass is 19.4. The van der Waals surface area contributed by atoms with E-state index in [0.717, 1.165) is 31.5 Å². The van der Waals surface area contributed by atoms with E-state index in [-0.39, 0.29) is 24.3 Å². The van der Waals surface area contributed by atoms with E-state index in [1.165, 1.54) is 6.07 Å². The lowest BCUT2D eigenvalue weighted by molar-refractivity contribution is -0.137. The van der Waals surface area contributed by atoms with Crippen LogP contribution in [0, 0.1) is 11.8 Å². The lowest BCUT2D eigenvalue weighted by Crippen LogP contribution is -2.33. The molecular formula is C18H23F3N2O. The molecule has 2 N–H and O–H groups in total. The van der Waals surface area contributed by atoms with Gasteiger partial charge in [-0.05, 0) is 42.2 Å². The molecule has 1 heterocycles. The van der Waals surface area contributed by atoms with Crippen LogP contribution in [0.25, 0.3) is 0 Å². The average molecular weight is 340 g/mol. The predicted octanol–water partition coefficient (Wildman–Crippen LogP) is 3.39. The van der Waals surface area contributed by atoms with Gasteiger partial charge in [0, 0.05) is 25.6 Å². The Morgan fingerprint density at radius 3 is 2.75 bits per heavy atom. The number of carbonyl (C=O) groups excluding carboxylic acids is 1. The second kappa shape index (κ2) is 6.39. The molecule has 24 heavy (non-hydrogen) atoms. The Kier molecular flexibility index (Phi) is 4.60. The molecule has 3 nitrogen and oxygen atoms in total. The van der Waals surface area contributed by atoms with Crippen LogP contribution in [0.15, 0.2) is 24.3 Å². The van der Waals surface area contributed by atoms with E-state index >= 15 is 0 Å². The van der Waals surface area contributed by atoms with Crippen LogP contribution in [0.1, 0.15) is 43.2 Å². The van der Waals surface area contributed by atoms with Crippen LogP contribution < -0.4 is 5.73 Å². The predicted molar refractivity (Wildman–Crippen MR) is 85.2 cm³/mol. The highest BCUT2D eigenvalue weighted by Gasteiger charge is 2.42. The summed E-state index contributed by atoms with van der Waals surface area (Å²) in [6.45, 7) is 3.24. The van der Waals surface area contributed by atoms with Crippen LogP contribution in [0.4, 0.5) is 13.2 Å². The van der Waals surface area contributed by atoms with Gasteiger partial charge in [0.1, 0.15) is 0 Å². The second-order valence-electron chi connectivity index (χ2n) is 7.19. The first kappa shape index (κ1) is 17.3. The highest BCUT2D eigenvalue weighted by Crippen LogP contribution is 2.38. The third-order valence-electron chi connectivity index (χ3n) is 5.53. The molecule has 4 atom stereocenters. The van der Waals surface area contributed by atoms with Gasteiger partial charge >= 0.3 is 6.18 Å². The summed E-state index contributed by atoms with van der Waals surface area (Å²) >= 11 is 0. The van der Waals surface area contributed by atoms with Crippen LogP contribution in [0.3, 0.4) is 0 Å². The maximum absolute atomic E-state index is 12.8. The zero-order valence-corrected chi connectivity index (χ0v) is 13.7. The first-order valence-electron chi connectivity index (χ1n) is 8.46. The van der Waals surface area contributed by atoms with Crippen LogP contribution >= 0.6 is 0 Å². The number of carbonyl (C=O) groups is 1. The van der Waals surface area contributed by atoms with Crippen molar-refractivity contribution in [1.82, 2.24) is 4.90 Å². The number of halogens is 3. The van der Waals surface area contributed by atoms with Gasteiger partial charge in [0.05, 0.1) is 5.56 Å². The van der Waals surface area contributed by atoms with Gasteiger partial charge in [-0.15, -0.1) is 0 Å². The molecule has 0 spiro atoms. The van der Waals surface area contributed by atoms with Gasteiger partial charge in [0.2, 0.25) is 5.91 Å². The number of nitrogens with zero attached hydrogens (tertiary/aromatic N) is 1. The number of hydrogen-bond donors (Lipinski definition) is 1. The van der Waals surface area contributed by atoms with E-state index in [4.69, 9.17) is 5.73 Å². The molecule has 0 aromatic heterocycles. The molecule has 3 rings (SSSR count). The third kappa shape index (κ3) is 3.43. The first-order chi connectivity index (χ1) is 11.3. The van der Waals surface area contributed by atoms with Crippen molar-refractivity contribution in [2.45, 2.75) is 44.3 Å². The fourth-order valence-electron chi connectivity index (χ4n) is 4.04. The van der Waals surface area contributed by atoms with Gasteiger partial charge in [-0.3, -0.25) is 4.79 Å². The van der Waals surface area contributed by atoms with E-state index in [0.29, 0.717) is 23.9 Å². The Morgan fingerprint density at radius 2 is 2.08 bits per heavy atom. The molecular weight excluding hydrogens is 317 g/mol. The highest BCUT2D eigenvalue weighted by molar-refractivity contribution is 5.77. The molecule has 2 aliphatic rings. The zero-order chi connectivity index (χ0) is 17.5. The van der Waals surface area contributed by atoms with E-state index in [2.05, 4.69) is 0 Å². The lowest BCUT2D eigenvalue weighted by Gasteiger charge is -2.21. The molecule has 2 fully saturated rings. The van der Waals surface area contributed by atoms with Crippen molar-refractivity contribution in [2.75, 3.05) is 13.1 Å². The molecule has 1 aliphatic heterocycles. The van der Waals surface area contributed by atoms with Crippen molar-refractivity contribution in [1.29, 1.82) is 0 Å². The van der Waals surface area contributed by atoms with Crippen molar-refractivity contribution >= 4 is 5.91 Å². The van der Waals surface area contributed by atoms with Gasteiger partial charge in [0.15, 0.2) is 0 Å². The molecule has 1 amide bonds. The SMILES string of the molecule is CC(CC(=O)N1CC2CCC(N)C2C1)c1cccc(C(F)(F)F)c1. The maximum Gasteiger partial charge on any atom is 0.416 e. The van der Waals surface area contributed by atoms with Crippen molar-refractivity contribution < 1.29 is 18.0 Å². The van der Waals surface area contributed by atoms with Crippen LogP contribution in [0.2, 0.25) is 0 Å². The Labute approximate surface area is 140 Å². The topological polar surface area (TPSA) is 46.3 Å². The number of rotatable bonds is 3. The number of fused-ring (bicyclic) bond motifs is 1. The fraction of sp³-hybridized carbons (Fsp3) is 0.611. The summed E-state index contributed by atoms with van der Waals surface area (Å²) in [6, 6.07) is 5.43. The van der Waals surface area contributed by atoms with Crippen LogP contribution in [-0.2, 0) is 11.0 Å². The minimum atomic E-state index is -4.36. The summed E-state index contributed by atoms with van der Waals surface area (Å²) in [5, 5.41) is 0. The van der Waals surface area contributed by atoms with Crippen molar-refractivity contribution in [2.24, 2.45) is 17.6 Å². The van der Waals surface area contributed by atoms with E-state index in [1.54, 1.807) is 13.0 Å².